The molecule has 1 N–H and O–H groups in total. The Bertz CT molecular complexity index is 733. The number of thioether (sulfide) groups is 1. The lowest BCUT2D eigenvalue weighted by atomic mass is 10.2. The molecule has 0 radical (unpaired) electrons. The standard InChI is InChI=1S/C14H17N5S2/c1-14(2,20-3)9-15-11-4-5-12-16-17-13(19(12)18-11)10-6-7-21-8-10/h4-8H,9H2,1-3H3,(H,15,18). The Kier molecular flexibility index (Phi) is 3.86. The highest BCUT2D eigenvalue weighted by molar-refractivity contribution is 7.99. The first kappa shape index (κ1) is 14.3. The highest BCUT2D eigenvalue weighted by Crippen LogP contribution is 2.23. The van der Waals surface area contributed by atoms with E-state index in [1.807, 2.05) is 35.3 Å². The van der Waals surface area contributed by atoms with E-state index in [-0.39, 0.29) is 4.75 Å². The second kappa shape index (κ2) is 5.65. The molecule has 3 aromatic heterocycles. The molecule has 110 valence electrons. The summed E-state index contributed by atoms with van der Waals surface area (Å²) in [4.78, 5) is 0. The van der Waals surface area contributed by atoms with E-state index in [0.717, 1.165) is 29.4 Å². The molecule has 0 aliphatic rings. The van der Waals surface area contributed by atoms with Crippen LogP contribution in [-0.4, -0.2) is 37.4 Å². The van der Waals surface area contributed by atoms with E-state index in [2.05, 4.69) is 46.1 Å². The molecule has 0 unspecified atom stereocenters. The quantitative estimate of drug-likeness (QED) is 0.781. The molecule has 0 aliphatic carbocycles. The predicted octanol–water partition coefficient (Wildman–Crippen LogP) is 3.41. The normalized spacial score (nSPS) is 12.0. The van der Waals surface area contributed by atoms with Crippen LogP contribution < -0.4 is 5.32 Å². The van der Waals surface area contributed by atoms with Gasteiger partial charge in [-0.2, -0.15) is 27.6 Å². The fourth-order valence-corrected chi connectivity index (χ4v) is 2.68. The van der Waals surface area contributed by atoms with Gasteiger partial charge in [0.05, 0.1) is 0 Å². The minimum Gasteiger partial charge on any atom is -0.367 e. The summed E-state index contributed by atoms with van der Waals surface area (Å²) in [5, 5.41) is 20.5. The summed E-state index contributed by atoms with van der Waals surface area (Å²) in [5.41, 5.74) is 1.80. The largest absolute Gasteiger partial charge is 0.367 e. The number of nitrogens with one attached hydrogen (secondary N) is 1. The maximum absolute atomic E-state index is 4.60. The molecule has 0 aliphatic heterocycles. The Morgan fingerprint density at radius 1 is 1.29 bits per heavy atom. The summed E-state index contributed by atoms with van der Waals surface area (Å²) in [6.45, 7) is 5.26. The van der Waals surface area contributed by atoms with Gasteiger partial charge >= 0.3 is 0 Å². The summed E-state index contributed by atoms with van der Waals surface area (Å²) in [7, 11) is 0. The third-order valence-electron chi connectivity index (χ3n) is 3.29. The van der Waals surface area contributed by atoms with Crippen LogP contribution in [0.2, 0.25) is 0 Å². The maximum Gasteiger partial charge on any atom is 0.186 e. The molecule has 0 atom stereocenters. The van der Waals surface area contributed by atoms with Crippen molar-refractivity contribution in [2.75, 3.05) is 18.1 Å². The van der Waals surface area contributed by atoms with Crippen molar-refractivity contribution in [2.45, 2.75) is 18.6 Å². The molecule has 0 amide bonds. The number of anilines is 1. The molecule has 5 nitrogen and oxygen atoms in total. The first-order chi connectivity index (χ1) is 10.1. The van der Waals surface area contributed by atoms with E-state index >= 15 is 0 Å². The smallest absolute Gasteiger partial charge is 0.186 e. The highest BCUT2D eigenvalue weighted by Gasteiger charge is 2.16. The van der Waals surface area contributed by atoms with Gasteiger partial charge in [-0.3, -0.25) is 0 Å². The lowest BCUT2D eigenvalue weighted by Gasteiger charge is -2.22. The van der Waals surface area contributed by atoms with Gasteiger partial charge < -0.3 is 5.32 Å². The summed E-state index contributed by atoms with van der Waals surface area (Å²) in [5.74, 6) is 1.61. The fourth-order valence-electron chi connectivity index (χ4n) is 1.83. The van der Waals surface area contributed by atoms with Gasteiger partial charge in [0, 0.05) is 22.2 Å². The topological polar surface area (TPSA) is 55.1 Å². The van der Waals surface area contributed by atoms with Crippen molar-refractivity contribution in [3.8, 4) is 11.4 Å². The van der Waals surface area contributed by atoms with Crippen LogP contribution in [0, 0.1) is 0 Å². The molecule has 0 bridgehead atoms. The molecule has 7 heteroatoms. The predicted molar refractivity (Wildman–Crippen MR) is 90.2 cm³/mol. The number of nitrogens with zero attached hydrogens (tertiary/aromatic N) is 4. The zero-order valence-electron chi connectivity index (χ0n) is 12.2. The number of rotatable bonds is 5. The van der Waals surface area contributed by atoms with Gasteiger partial charge in [-0.05, 0) is 43.7 Å². The molecule has 21 heavy (non-hydrogen) atoms. The van der Waals surface area contributed by atoms with Gasteiger partial charge in [0.1, 0.15) is 5.82 Å². The second-order valence-corrected chi connectivity index (χ2v) is 7.64. The molecule has 0 aromatic carbocycles. The Labute approximate surface area is 131 Å². The van der Waals surface area contributed by atoms with E-state index in [4.69, 9.17) is 0 Å². The summed E-state index contributed by atoms with van der Waals surface area (Å²) < 4.78 is 1.95. The van der Waals surface area contributed by atoms with Crippen LogP contribution in [0.15, 0.2) is 29.0 Å². The Morgan fingerprint density at radius 3 is 2.86 bits per heavy atom. The van der Waals surface area contributed by atoms with Crippen molar-refractivity contribution < 1.29 is 0 Å². The van der Waals surface area contributed by atoms with Crippen molar-refractivity contribution in [3.63, 3.8) is 0 Å². The first-order valence-electron chi connectivity index (χ1n) is 6.63. The van der Waals surface area contributed by atoms with Crippen molar-refractivity contribution in [3.05, 3.63) is 29.0 Å². The zero-order valence-corrected chi connectivity index (χ0v) is 13.8. The SMILES string of the molecule is CSC(C)(C)CNc1ccc2nnc(-c3ccsc3)n2n1. The minimum atomic E-state index is 0.167. The highest BCUT2D eigenvalue weighted by atomic mass is 32.2. The molecular weight excluding hydrogens is 302 g/mol. The number of fused-ring (bicyclic) bond motifs is 1. The maximum atomic E-state index is 4.60. The molecular formula is C14H17N5S2. The van der Waals surface area contributed by atoms with Crippen LogP contribution in [-0.2, 0) is 0 Å². The lowest BCUT2D eigenvalue weighted by Crippen LogP contribution is -2.26. The van der Waals surface area contributed by atoms with Gasteiger partial charge in [-0.1, -0.05) is 0 Å². The monoisotopic (exact) mass is 319 g/mol. The molecule has 0 fully saturated rings. The minimum absolute atomic E-state index is 0.167. The Hall–Kier alpha value is -1.60. The van der Waals surface area contributed by atoms with E-state index < -0.39 is 0 Å². The average molecular weight is 319 g/mol. The first-order valence-corrected chi connectivity index (χ1v) is 8.80. The van der Waals surface area contributed by atoms with Gasteiger partial charge in [0.25, 0.3) is 0 Å². The third-order valence-corrected chi connectivity index (χ3v) is 5.22. The van der Waals surface area contributed by atoms with Gasteiger partial charge in [-0.25, -0.2) is 0 Å². The van der Waals surface area contributed by atoms with Crippen LogP contribution >= 0.6 is 23.1 Å². The Balaban J connectivity index is 1.90. The number of hydrogen-bond donors (Lipinski definition) is 1. The van der Waals surface area contributed by atoms with Crippen LogP contribution in [0.5, 0.6) is 0 Å². The number of thiophene rings is 1. The molecule has 0 saturated carbocycles. The van der Waals surface area contributed by atoms with Gasteiger partial charge in [-0.15, -0.1) is 15.3 Å². The fraction of sp³-hybridized carbons (Fsp3) is 0.357. The van der Waals surface area contributed by atoms with Crippen LogP contribution in [0.1, 0.15) is 13.8 Å². The summed E-state index contributed by atoms with van der Waals surface area (Å²) >= 11 is 3.47. The second-order valence-electron chi connectivity index (χ2n) is 5.34. The summed E-state index contributed by atoms with van der Waals surface area (Å²) in [6, 6.07) is 5.90. The van der Waals surface area contributed by atoms with Crippen molar-refractivity contribution >= 4 is 34.6 Å². The number of hydrogen-bond acceptors (Lipinski definition) is 6. The third kappa shape index (κ3) is 3.03. The average Bonchev–Trinajstić information content (AvgIpc) is 3.13. The van der Waals surface area contributed by atoms with Gasteiger partial charge in [0.15, 0.2) is 11.5 Å². The van der Waals surface area contributed by atoms with E-state index in [9.17, 15) is 0 Å². The molecule has 0 saturated heterocycles. The van der Waals surface area contributed by atoms with Gasteiger partial charge in [0.2, 0.25) is 0 Å². The lowest BCUT2D eigenvalue weighted by molar-refractivity contribution is 0.746. The summed E-state index contributed by atoms with van der Waals surface area (Å²) in [6.07, 6.45) is 2.12. The van der Waals surface area contributed by atoms with Crippen molar-refractivity contribution in [1.29, 1.82) is 0 Å². The molecule has 3 aromatic rings. The zero-order chi connectivity index (χ0) is 14.9. The van der Waals surface area contributed by atoms with Crippen LogP contribution in [0.4, 0.5) is 5.82 Å². The number of aromatic nitrogens is 4. The molecule has 3 heterocycles. The molecule has 0 spiro atoms. The van der Waals surface area contributed by atoms with Crippen molar-refractivity contribution in [1.82, 2.24) is 19.8 Å². The Morgan fingerprint density at radius 2 is 2.14 bits per heavy atom. The van der Waals surface area contributed by atoms with Crippen LogP contribution in [0.3, 0.4) is 0 Å². The molecule has 3 rings (SSSR count). The van der Waals surface area contributed by atoms with E-state index in [1.165, 1.54) is 0 Å². The van der Waals surface area contributed by atoms with Crippen molar-refractivity contribution in [2.24, 2.45) is 0 Å². The van der Waals surface area contributed by atoms with E-state index in [1.54, 1.807) is 15.9 Å². The van der Waals surface area contributed by atoms with Crippen LogP contribution in [0.25, 0.3) is 17.0 Å². The van der Waals surface area contributed by atoms with E-state index in [0.29, 0.717) is 0 Å².